The summed E-state index contributed by atoms with van der Waals surface area (Å²) in [4.78, 5) is 22.3. The van der Waals surface area contributed by atoms with Crippen LogP contribution in [0, 0.1) is 0 Å². The van der Waals surface area contributed by atoms with Gasteiger partial charge in [0, 0.05) is 16.8 Å². The van der Waals surface area contributed by atoms with Gasteiger partial charge in [0.25, 0.3) is 0 Å². The number of anilines is 2. The van der Waals surface area contributed by atoms with Crippen molar-refractivity contribution < 1.29 is 4.79 Å². The van der Waals surface area contributed by atoms with Gasteiger partial charge in [0.2, 0.25) is 5.91 Å². The van der Waals surface area contributed by atoms with Gasteiger partial charge in [-0.05, 0) is 28.5 Å². The van der Waals surface area contributed by atoms with Crippen molar-refractivity contribution >= 4 is 28.2 Å². The molecule has 0 bridgehead atoms. The molecule has 0 radical (unpaired) electrons. The van der Waals surface area contributed by atoms with Crippen LogP contribution in [-0.4, -0.2) is 15.9 Å². The molecule has 0 aliphatic rings. The minimum absolute atomic E-state index is 0.142. The number of aromatic nitrogens is 2. The van der Waals surface area contributed by atoms with E-state index in [9.17, 15) is 4.79 Å². The summed E-state index contributed by atoms with van der Waals surface area (Å²) in [6.07, 6.45) is 1.92. The maximum Gasteiger partial charge on any atom is 0.230 e. The first-order chi connectivity index (χ1) is 16.2. The molecule has 5 rings (SSSR count). The van der Waals surface area contributed by atoms with Crippen molar-refractivity contribution in [2.75, 3.05) is 11.1 Å². The van der Waals surface area contributed by atoms with E-state index >= 15 is 0 Å². The predicted molar refractivity (Wildman–Crippen MR) is 134 cm³/mol. The van der Waals surface area contributed by atoms with E-state index in [-0.39, 0.29) is 12.3 Å². The van der Waals surface area contributed by atoms with Crippen LogP contribution >= 0.6 is 0 Å². The molecule has 5 aromatic rings. The fourth-order valence-electron chi connectivity index (χ4n) is 3.78. The Kier molecular flexibility index (Phi) is 5.52. The SMILES string of the molecule is Nc1ccc(-c2cnc(NC(=O)Cc3ccc4ccccc4c3)c(-c3ccccc3)n2)cc1. The van der Waals surface area contributed by atoms with E-state index in [1.54, 1.807) is 6.20 Å². The van der Waals surface area contributed by atoms with Crippen LogP contribution in [0.2, 0.25) is 0 Å². The van der Waals surface area contributed by atoms with Crippen LogP contribution < -0.4 is 11.1 Å². The number of fused-ring (bicyclic) bond motifs is 1. The lowest BCUT2D eigenvalue weighted by Gasteiger charge is -2.12. The average Bonchev–Trinajstić information content (AvgIpc) is 2.85. The van der Waals surface area contributed by atoms with E-state index in [1.165, 1.54) is 0 Å². The Balaban J connectivity index is 1.44. The summed E-state index contributed by atoms with van der Waals surface area (Å²) in [6, 6.07) is 31.4. The number of nitrogens with one attached hydrogen (secondary N) is 1. The number of hydrogen-bond donors (Lipinski definition) is 2. The molecular formula is C28H22N4O. The molecule has 4 aromatic carbocycles. The standard InChI is InChI=1S/C28H22N4O/c29-24-14-12-21(13-15-24)25-18-30-28(27(31-25)22-7-2-1-3-8-22)32-26(33)17-19-10-11-20-6-4-5-9-23(20)16-19/h1-16,18H,17,29H2,(H,30,32,33). The Labute approximate surface area is 192 Å². The van der Waals surface area contributed by atoms with E-state index in [2.05, 4.69) is 16.4 Å². The fraction of sp³-hybridized carbons (Fsp3) is 0.0357. The van der Waals surface area contributed by atoms with Gasteiger partial charge in [0.1, 0.15) is 5.69 Å². The van der Waals surface area contributed by atoms with Gasteiger partial charge in [0.15, 0.2) is 5.82 Å². The summed E-state index contributed by atoms with van der Waals surface area (Å²) < 4.78 is 0. The van der Waals surface area contributed by atoms with Crippen LogP contribution in [0.15, 0.2) is 103 Å². The van der Waals surface area contributed by atoms with Crippen molar-refractivity contribution in [3.8, 4) is 22.5 Å². The van der Waals surface area contributed by atoms with Crippen molar-refractivity contribution in [1.82, 2.24) is 9.97 Å². The number of nitrogens with zero attached hydrogens (tertiary/aromatic N) is 2. The first kappa shape index (κ1) is 20.4. The van der Waals surface area contributed by atoms with Crippen molar-refractivity contribution in [3.63, 3.8) is 0 Å². The lowest BCUT2D eigenvalue weighted by Crippen LogP contribution is -2.16. The first-order valence-electron chi connectivity index (χ1n) is 10.7. The zero-order valence-corrected chi connectivity index (χ0v) is 17.9. The second kappa shape index (κ2) is 8.93. The smallest absolute Gasteiger partial charge is 0.230 e. The van der Waals surface area contributed by atoms with Gasteiger partial charge in [-0.2, -0.15) is 0 Å². The highest BCUT2D eigenvalue weighted by molar-refractivity contribution is 5.95. The van der Waals surface area contributed by atoms with Gasteiger partial charge in [-0.1, -0.05) is 84.9 Å². The molecular weight excluding hydrogens is 408 g/mol. The molecule has 33 heavy (non-hydrogen) atoms. The van der Waals surface area contributed by atoms with Crippen LogP contribution in [0.25, 0.3) is 33.3 Å². The van der Waals surface area contributed by atoms with Crippen molar-refractivity contribution in [1.29, 1.82) is 0 Å². The Morgan fingerprint density at radius 1 is 0.788 bits per heavy atom. The molecule has 1 amide bonds. The highest BCUT2D eigenvalue weighted by atomic mass is 16.1. The number of nitrogens with two attached hydrogens (primary N) is 1. The van der Waals surface area contributed by atoms with Crippen LogP contribution in [0.3, 0.4) is 0 Å². The van der Waals surface area contributed by atoms with Crippen molar-refractivity contribution in [2.24, 2.45) is 0 Å². The monoisotopic (exact) mass is 430 g/mol. The largest absolute Gasteiger partial charge is 0.399 e. The van der Waals surface area contributed by atoms with Crippen LogP contribution in [-0.2, 0) is 11.2 Å². The molecule has 0 saturated heterocycles. The Morgan fingerprint density at radius 2 is 1.52 bits per heavy atom. The second-order valence-electron chi connectivity index (χ2n) is 7.85. The third kappa shape index (κ3) is 4.57. The molecule has 0 saturated carbocycles. The summed E-state index contributed by atoms with van der Waals surface area (Å²) in [6.45, 7) is 0. The molecule has 160 valence electrons. The quantitative estimate of drug-likeness (QED) is 0.349. The third-order valence-electron chi connectivity index (χ3n) is 5.46. The Hall–Kier alpha value is -4.51. The van der Waals surface area contributed by atoms with Gasteiger partial charge in [-0.15, -0.1) is 0 Å². The Bertz CT molecular complexity index is 1430. The number of hydrogen-bond acceptors (Lipinski definition) is 4. The molecule has 0 aliphatic carbocycles. The highest BCUT2D eigenvalue weighted by Crippen LogP contribution is 2.28. The van der Waals surface area contributed by atoms with Gasteiger partial charge in [-0.3, -0.25) is 4.79 Å². The van der Waals surface area contributed by atoms with E-state index in [0.29, 0.717) is 22.9 Å². The Morgan fingerprint density at radius 3 is 2.30 bits per heavy atom. The van der Waals surface area contributed by atoms with Crippen LogP contribution in [0.1, 0.15) is 5.56 Å². The number of amides is 1. The molecule has 0 aliphatic heterocycles. The van der Waals surface area contributed by atoms with E-state index in [4.69, 9.17) is 10.7 Å². The molecule has 1 heterocycles. The molecule has 5 heteroatoms. The number of rotatable bonds is 5. The molecule has 3 N–H and O–H groups in total. The minimum Gasteiger partial charge on any atom is -0.399 e. The van der Waals surface area contributed by atoms with E-state index in [1.807, 2.05) is 91.0 Å². The third-order valence-corrected chi connectivity index (χ3v) is 5.46. The molecule has 0 unspecified atom stereocenters. The lowest BCUT2D eigenvalue weighted by atomic mass is 10.0. The molecule has 5 nitrogen and oxygen atoms in total. The summed E-state index contributed by atoms with van der Waals surface area (Å²) in [5.41, 5.74) is 10.6. The number of carbonyl (C=O) groups excluding carboxylic acids is 1. The second-order valence-corrected chi connectivity index (χ2v) is 7.85. The summed E-state index contributed by atoms with van der Waals surface area (Å²) in [5, 5.41) is 5.22. The number of benzene rings is 4. The van der Waals surface area contributed by atoms with Gasteiger partial charge >= 0.3 is 0 Å². The van der Waals surface area contributed by atoms with Crippen molar-refractivity contribution in [3.05, 3.63) is 109 Å². The minimum atomic E-state index is -0.142. The summed E-state index contributed by atoms with van der Waals surface area (Å²) in [5.74, 6) is 0.295. The molecule has 0 fully saturated rings. The van der Waals surface area contributed by atoms with Crippen LogP contribution in [0.4, 0.5) is 11.5 Å². The lowest BCUT2D eigenvalue weighted by molar-refractivity contribution is -0.115. The topological polar surface area (TPSA) is 80.9 Å². The predicted octanol–water partition coefficient (Wildman–Crippen LogP) is 5.73. The zero-order chi connectivity index (χ0) is 22.6. The van der Waals surface area contributed by atoms with E-state index in [0.717, 1.165) is 27.5 Å². The van der Waals surface area contributed by atoms with Gasteiger partial charge in [-0.25, -0.2) is 9.97 Å². The summed E-state index contributed by atoms with van der Waals surface area (Å²) >= 11 is 0. The number of nitrogen functional groups attached to an aromatic ring is 1. The normalized spacial score (nSPS) is 10.8. The average molecular weight is 431 g/mol. The first-order valence-corrected chi connectivity index (χ1v) is 10.7. The van der Waals surface area contributed by atoms with Crippen molar-refractivity contribution in [2.45, 2.75) is 6.42 Å². The molecule has 0 spiro atoms. The fourth-order valence-corrected chi connectivity index (χ4v) is 3.78. The summed E-state index contributed by atoms with van der Waals surface area (Å²) in [7, 11) is 0. The maximum absolute atomic E-state index is 12.9. The molecule has 1 aromatic heterocycles. The number of carbonyl (C=O) groups is 1. The van der Waals surface area contributed by atoms with Crippen LogP contribution in [0.5, 0.6) is 0 Å². The highest BCUT2D eigenvalue weighted by Gasteiger charge is 2.14. The van der Waals surface area contributed by atoms with Gasteiger partial charge < -0.3 is 11.1 Å². The zero-order valence-electron chi connectivity index (χ0n) is 17.9. The maximum atomic E-state index is 12.9. The van der Waals surface area contributed by atoms with E-state index < -0.39 is 0 Å². The molecule has 0 atom stereocenters. The van der Waals surface area contributed by atoms with Gasteiger partial charge in [0.05, 0.1) is 18.3 Å².